The first-order valence-electron chi connectivity index (χ1n) is 8.21. The van der Waals surface area contributed by atoms with Gasteiger partial charge in [-0.05, 0) is 42.8 Å². The second-order valence-corrected chi connectivity index (χ2v) is 6.89. The molecule has 0 spiro atoms. The lowest BCUT2D eigenvalue weighted by Gasteiger charge is -2.35. The third kappa shape index (κ3) is 4.20. The minimum atomic E-state index is -0.588. The number of piperazine rings is 1. The molecule has 3 rings (SSSR count). The number of carbonyl (C=O) groups excluding carboxylic acids is 2. The predicted molar refractivity (Wildman–Crippen MR) is 103 cm³/mol. The molecule has 1 saturated heterocycles. The van der Waals surface area contributed by atoms with E-state index < -0.39 is 11.8 Å². The van der Waals surface area contributed by atoms with Crippen molar-refractivity contribution in [2.75, 3.05) is 36.4 Å². The van der Waals surface area contributed by atoms with E-state index in [2.05, 4.69) is 38.3 Å². The van der Waals surface area contributed by atoms with E-state index in [0.29, 0.717) is 18.8 Å². The van der Waals surface area contributed by atoms with Crippen LogP contribution in [0.3, 0.4) is 0 Å². The Morgan fingerprint density at radius 2 is 1.68 bits per heavy atom. The van der Waals surface area contributed by atoms with Gasteiger partial charge in [0.15, 0.2) is 0 Å². The fraction of sp³-hybridized carbons (Fsp3) is 0.263. The van der Waals surface area contributed by atoms with Gasteiger partial charge in [-0.2, -0.15) is 0 Å². The molecule has 1 aliphatic heterocycles. The molecule has 2 amide bonds. The number of nitrogens with one attached hydrogen (secondary N) is 1. The molecular formula is C19H20BrN3O2. The van der Waals surface area contributed by atoms with Gasteiger partial charge in [0.25, 0.3) is 0 Å². The number of halogens is 1. The fourth-order valence-corrected chi connectivity index (χ4v) is 3.10. The number of amides is 2. The average Bonchev–Trinajstić information content (AvgIpc) is 2.65. The minimum Gasteiger partial charge on any atom is -0.368 e. The maximum absolute atomic E-state index is 12.4. The van der Waals surface area contributed by atoms with Crippen LogP contribution in [0.25, 0.3) is 0 Å². The Balaban J connectivity index is 1.56. The van der Waals surface area contributed by atoms with Gasteiger partial charge in [-0.3, -0.25) is 9.59 Å². The monoisotopic (exact) mass is 401 g/mol. The SMILES string of the molecule is Cc1cc(NC(=O)C(=O)N2CCN(c3ccccc3)CC2)ccc1Br. The molecule has 1 N–H and O–H groups in total. The first-order chi connectivity index (χ1) is 12.0. The van der Waals surface area contributed by atoms with Gasteiger partial charge >= 0.3 is 11.8 Å². The molecule has 0 atom stereocenters. The Morgan fingerprint density at radius 1 is 1.00 bits per heavy atom. The molecule has 0 radical (unpaired) electrons. The quantitative estimate of drug-likeness (QED) is 0.786. The molecule has 0 saturated carbocycles. The highest BCUT2D eigenvalue weighted by molar-refractivity contribution is 9.10. The van der Waals surface area contributed by atoms with Crippen LogP contribution in [-0.4, -0.2) is 42.9 Å². The minimum absolute atomic E-state index is 0.478. The van der Waals surface area contributed by atoms with Crippen LogP contribution in [-0.2, 0) is 9.59 Å². The Bertz CT molecular complexity index is 771. The summed E-state index contributed by atoms with van der Waals surface area (Å²) >= 11 is 3.42. The number of benzene rings is 2. The number of nitrogens with zero attached hydrogens (tertiary/aromatic N) is 2. The molecule has 0 bridgehead atoms. The smallest absolute Gasteiger partial charge is 0.313 e. The van der Waals surface area contributed by atoms with E-state index in [1.807, 2.05) is 37.3 Å². The number of carbonyl (C=O) groups is 2. The molecule has 0 aliphatic carbocycles. The van der Waals surface area contributed by atoms with Gasteiger partial charge in [-0.25, -0.2) is 0 Å². The normalized spacial score (nSPS) is 14.3. The summed E-state index contributed by atoms with van der Waals surface area (Å²) in [5, 5.41) is 2.69. The van der Waals surface area contributed by atoms with Crippen LogP contribution in [0.15, 0.2) is 53.0 Å². The van der Waals surface area contributed by atoms with Gasteiger partial charge in [0.2, 0.25) is 0 Å². The summed E-state index contributed by atoms with van der Waals surface area (Å²) in [7, 11) is 0. The topological polar surface area (TPSA) is 52.7 Å². The second-order valence-electron chi connectivity index (χ2n) is 6.03. The molecule has 1 heterocycles. The van der Waals surface area contributed by atoms with Crippen LogP contribution >= 0.6 is 15.9 Å². The molecule has 130 valence electrons. The van der Waals surface area contributed by atoms with Gasteiger partial charge in [-0.15, -0.1) is 0 Å². The summed E-state index contributed by atoms with van der Waals surface area (Å²) in [5.74, 6) is -1.07. The number of hydrogen-bond acceptors (Lipinski definition) is 3. The zero-order chi connectivity index (χ0) is 17.8. The molecule has 2 aromatic carbocycles. The maximum Gasteiger partial charge on any atom is 0.313 e. The summed E-state index contributed by atoms with van der Waals surface area (Å²) in [4.78, 5) is 28.4. The Hall–Kier alpha value is -2.34. The summed E-state index contributed by atoms with van der Waals surface area (Å²) < 4.78 is 0.967. The van der Waals surface area contributed by atoms with Crippen molar-refractivity contribution in [1.82, 2.24) is 4.90 Å². The maximum atomic E-state index is 12.4. The van der Waals surface area contributed by atoms with E-state index in [1.54, 1.807) is 11.0 Å². The molecular weight excluding hydrogens is 382 g/mol. The summed E-state index contributed by atoms with van der Waals surface area (Å²) in [6.45, 7) is 4.46. The van der Waals surface area contributed by atoms with E-state index in [0.717, 1.165) is 28.8 Å². The number of para-hydroxylation sites is 1. The number of rotatable bonds is 2. The van der Waals surface area contributed by atoms with Crippen LogP contribution in [0.4, 0.5) is 11.4 Å². The number of aryl methyl sites for hydroxylation is 1. The van der Waals surface area contributed by atoms with Crippen molar-refractivity contribution in [3.63, 3.8) is 0 Å². The zero-order valence-electron chi connectivity index (χ0n) is 14.0. The second kappa shape index (κ2) is 7.70. The van der Waals surface area contributed by atoms with Gasteiger partial charge in [0.05, 0.1) is 0 Å². The lowest BCUT2D eigenvalue weighted by atomic mass is 10.2. The lowest BCUT2D eigenvalue weighted by Crippen LogP contribution is -2.51. The van der Waals surface area contributed by atoms with Crippen molar-refractivity contribution in [1.29, 1.82) is 0 Å². The highest BCUT2D eigenvalue weighted by Gasteiger charge is 2.26. The standard InChI is InChI=1S/C19H20BrN3O2/c1-14-13-15(7-8-17(14)20)21-18(24)19(25)23-11-9-22(10-12-23)16-5-3-2-4-6-16/h2-8,13H,9-12H2,1H3,(H,21,24). The molecule has 5 nitrogen and oxygen atoms in total. The molecule has 1 aliphatic rings. The molecule has 6 heteroatoms. The third-order valence-electron chi connectivity index (χ3n) is 4.30. The summed E-state index contributed by atoms with van der Waals surface area (Å²) in [5.41, 5.74) is 2.77. The van der Waals surface area contributed by atoms with Gasteiger partial charge in [0, 0.05) is 42.0 Å². The van der Waals surface area contributed by atoms with Crippen molar-refractivity contribution in [3.8, 4) is 0 Å². The predicted octanol–water partition coefficient (Wildman–Crippen LogP) is 3.04. The van der Waals surface area contributed by atoms with Crippen molar-refractivity contribution >= 4 is 39.1 Å². The highest BCUT2D eigenvalue weighted by Crippen LogP contribution is 2.20. The molecule has 0 unspecified atom stereocenters. The largest absolute Gasteiger partial charge is 0.368 e. The zero-order valence-corrected chi connectivity index (χ0v) is 15.6. The number of hydrogen-bond donors (Lipinski definition) is 1. The van der Waals surface area contributed by atoms with E-state index >= 15 is 0 Å². The number of anilines is 2. The van der Waals surface area contributed by atoms with Crippen molar-refractivity contribution in [3.05, 3.63) is 58.6 Å². The van der Waals surface area contributed by atoms with Crippen LogP contribution in [0.2, 0.25) is 0 Å². The van der Waals surface area contributed by atoms with Crippen molar-refractivity contribution in [2.45, 2.75) is 6.92 Å². The average molecular weight is 402 g/mol. The molecule has 25 heavy (non-hydrogen) atoms. The van der Waals surface area contributed by atoms with Gasteiger partial charge in [0.1, 0.15) is 0 Å². The van der Waals surface area contributed by atoms with Crippen LogP contribution < -0.4 is 10.2 Å². The van der Waals surface area contributed by atoms with Crippen LogP contribution in [0.1, 0.15) is 5.56 Å². The molecule has 0 aromatic heterocycles. The lowest BCUT2D eigenvalue weighted by molar-refractivity contribution is -0.143. The van der Waals surface area contributed by atoms with E-state index in [9.17, 15) is 9.59 Å². The Morgan fingerprint density at radius 3 is 2.32 bits per heavy atom. The van der Waals surface area contributed by atoms with Gasteiger partial charge < -0.3 is 15.1 Å². The van der Waals surface area contributed by atoms with Crippen molar-refractivity contribution < 1.29 is 9.59 Å². The highest BCUT2D eigenvalue weighted by atomic mass is 79.9. The molecule has 2 aromatic rings. The summed E-state index contributed by atoms with van der Waals surface area (Å²) in [6.07, 6.45) is 0. The van der Waals surface area contributed by atoms with E-state index in [-0.39, 0.29) is 0 Å². The van der Waals surface area contributed by atoms with E-state index in [4.69, 9.17) is 0 Å². The summed E-state index contributed by atoms with van der Waals surface area (Å²) in [6, 6.07) is 15.6. The Labute approximate surface area is 155 Å². The third-order valence-corrected chi connectivity index (χ3v) is 5.19. The fourth-order valence-electron chi connectivity index (χ4n) is 2.86. The first-order valence-corrected chi connectivity index (χ1v) is 9.00. The van der Waals surface area contributed by atoms with Crippen LogP contribution in [0.5, 0.6) is 0 Å². The Kier molecular flexibility index (Phi) is 5.38. The molecule has 1 fully saturated rings. The van der Waals surface area contributed by atoms with Crippen LogP contribution in [0, 0.1) is 6.92 Å². The van der Waals surface area contributed by atoms with Crippen molar-refractivity contribution in [2.24, 2.45) is 0 Å². The first kappa shape index (κ1) is 17.5. The van der Waals surface area contributed by atoms with Gasteiger partial charge in [-0.1, -0.05) is 34.1 Å². The van der Waals surface area contributed by atoms with E-state index in [1.165, 1.54) is 0 Å².